The molecule has 0 bridgehead atoms. The van der Waals surface area contributed by atoms with Crippen molar-refractivity contribution in [3.63, 3.8) is 0 Å². The molecule has 0 spiro atoms. The van der Waals surface area contributed by atoms with Crippen molar-refractivity contribution in [3.8, 4) is 0 Å². The molecular weight excluding hydrogens is 237 g/mol. The number of nitrogens with one attached hydrogen (secondary N) is 1. The number of hydrogen-bond donors (Lipinski definition) is 3. The number of rotatable bonds is 5. The van der Waals surface area contributed by atoms with Crippen LogP contribution in [0.25, 0.3) is 0 Å². The zero-order chi connectivity index (χ0) is 11.4. The second-order valence-corrected chi connectivity index (χ2v) is 2.90. The molecule has 0 fully saturated rings. The maximum absolute atomic E-state index is 12.1. The van der Waals surface area contributed by atoms with E-state index in [2.05, 4.69) is 5.32 Å². The predicted molar refractivity (Wildman–Crippen MR) is 51.0 cm³/mol. The van der Waals surface area contributed by atoms with Crippen molar-refractivity contribution < 1.29 is 23.1 Å². The summed E-state index contributed by atoms with van der Waals surface area (Å²) in [4.78, 5) is 10.2. The Labute approximate surface area is 91.4 Å². The van der Waals surface area contributed by atoms with Gasteiger partial charge in [0.25, 0.3) is 0 Å². The highest BCUT2D eigenvalue weighted by atomic mass is 35.5. The van der Waals surface area contributed by atoms with E-state index in [-0.39, 0.29) is 25.2 Å². The maximum atomic E-state index is 12.1. The lowest BCUT2D eigenvalue weighted by molar-refractivity contribution is -0.157. The quantitative estimate of drug-likeness (QED) is 0.673. The van der Waals surface area contributed by atoms with E-state index in [1.807, 2.05) is 0 Å². The smallest absolute Gasteiger partial charge is 0.403 e. The van der Waals surface area contributed by atoms with Crippen molar-refractivity contribution in [3.05, 3.63) is 0 Å². The fraction of sp³-hybridized carbons (Fsp3) is 0.857. The second-order valence-electron chi connectivity index (χ2n) is 2.90. The van der Waals surface area contributed by atoms with Crippen molar-refractivity contribution >= 4 is 18.4 Å². The van der Waals surface area contributed by atoms with Gasteiger partial charge in [-0.2, -0.15) is 13.2 Å². The summed E-state index contributed by atoms with van der Waals surface area (Å²) in [6.45, 7) is 0. The molecule has 0 unspecified atom stereocenters. The molecule has 0 aromatic heterocycles. The Morgan fingerprint density at radius 1 is 1.47 bits per heavy atom. The third-order valence-corrected chi connectivity index (χ3v) is 1.83. The molecule has 15 heavy (non-hydrogen) atoms. The van der Waals surface area contributed by atoms with Crippen LogP contribution in [0, 0.1) is 0 Å². The largest absolute Gasteiger partial charge is 0.480 e. The number of alkyl halides is 3. The molecule has 0 aromatic carbocycles. The van der Waals surface area contributed by atoms with Gasteiger partial charge in [0.15, 0.2) is 0 Å². The molecule has 0 aliphatic rings. The number of carboxylic acids is 1. The van der Waals surface area contributed by atoms with Crippen molar-refractivity contribution in [2.75, 3.05) is 7.05 Å². The van der Waals surface area contributed by atoms with Gasteiger partial charge in [-0.3, -0.25) is 4.79 Å². The van der Waals surface area contributed by atoms with E-state index in [1.165, 1.54) is 7.05 Å². The standard InChI is InChI=1S/C7H13F3N2O2.ClH/c1-12-5(7(8,9)10)3-2-4(11)6(13)14;/h4-5,12H,2-3,11H2,1H3,(H,13,14);1H/t4-,5-;/m1./s1. The minimum absolute atomic E-state index is 0. The highest BCUT2D eigenvalue weighted by molar-refractivity contribution is 5.85. The third-order valence-electron chi connectivity index (χ3n) is 1.83. The van der Waals surface area contributed by atoms with E-state index in [9.17, 15) is 18.0 Å². The molecule has 0 amide bonds. The summed E-state index contributed by atoms with van der Waals surface area (Å²) in [6.07, 6.45) is -4.92. The topological polar surface area (TPSA) is 75.3 Å². The van der Waals surface area contributed by atoms with Crippen molar-refractivity contribution in [2.24, 2.45) is 5.73 Å². The summed E-state index contributed by atoms with van der Waals surface area (Å²) in [5.74, 6) is -1.29. The van der Waals surface area contributed by atoms with Gasteiger partial charge >= 0.3 is 12.1 Å². The Morgan fingerprint density at radius 2 is 1.93 bits per heavy atom. The minimum atomic E-state index is -4.37. The molecule has 0 aromatic rings. The summed E-state index contributed by atoms with van der Waals surface area (Å²) < 4.78 is 36.4. The summed E-state index contributed by atoms with van der Waals surface area (Å²) >= 11 is 0. The predicted octanol–water partition coefficient (Wildman–Crippen LogP) is 0.751. The van der Waals surface area contributed by atoms with E-state index in [0.29, 0.717) is 0 Å². The monoisotopic (exact) mass is 250 g/mol. The van der Waals surface area contributed by atoms with Gasteiger partial charge in [-0.05, 0) is 19.9 Å². The van der Waals surface area contributed by atoms with Crippen LogP contribution >= 0.6 is 12.4 Å². The van der Waals surface area contributed by atoms with Crippen LogP contribution in [0.3, 0.4) is 0 Å². The summed E-state index contributed by atoms with van der Waals surface area (Å²) in [7, 11) is 1.17. The fourth-order valence-corrected chi connectivity index (χ4v) is 0.941. The fourth-order valence-electron chi connectivity index (χ4n) is 0.941. The molecule has 4 N–H and O–H groups in total. The number of nitrogens with two attached hydrogens (primary N) is 1. The van der Waals surface area contributed by atoms with Crippen LogP contribution in [0.4, 0.5) is 13.2 Å². The van der Waals surface area contributed by atoms with Gasteiger partial charge in [0.2, 0.25) is 0 Å². The van der Waals surface area contributed by atoms with E-state index >= 15 is 0 Å². The Balaban J connectivity index is 0. The van der Waals surface area contributed by atoms with Gasteiger partial charge < -0.3 is 16.2 Å². The SMILES string of the molecule is CN[C@H](CC[C@@H](N)C(=O)O)C(F)(F)F.Cl. The number of aliphatic carboxylic acids is 1. The molecule has 0 rings (SSSR count). The van der Waals surface area contributed by atoms with E-state index < -0.39 is 24.2 Å². The van der Waals surface area contributed by atoms with Gasteiger partial charge in [-0.15, -0.1) is 12.4 Å². The molecule has 4 nitrogen and oxygen atoms in total. The normalized spacial score (nSPS) is 15.3. The number of hydrogen-bond acceptors (Lipinski definition) is 3. The van der Waals surface area contributed by atoms with Crippen molar-refractivity contribution in [1.82, 2.24) is 5.32 Å². The van der Waals surface area contributed by atoms with Crippen molar-refractivity contribution in [2.45, 2.75) is 31.1 Å². The summed E-state index contributed by atoms with van der Waals surface area (Å²) in [5, 5.41) is 10.4. The molecule has 92 valence electrons. The Morgan fingerprint density at radius 3 is 2.20 bits per heavy atom. The zero-order valence-corrected chi connectivity index (χ0v) is 8.86. The van der Waals surface area contributed by atoms with Crippen LogP contribution in [0.1, 0.15) is 12.8 Å². The lowest BCUT2D eigenvalue weighted by Crippen LogP contribution is -2.42. The first-order valence-corrected chi connectivity index (χ1v) is 4.01. The van der Waals surface area contributed by atoms with Crippen LogP contribution in [0.5, 0.6) is 0 Å². The third kappa shape index (κ3) is 6.53. The van der Waals surface area contributed by atoms with Crippen LogP contribution in [-0.2, 0) is 4.79 Å². The molecule has 0 saturated heterocycles. The van der Waals surface area contributed by atoms with Crippen molar-refractivity contribution in [1.29, 1.82) is 0 Å². The van der Waals surface area contributed by atoms with Crippen LogP contribution < -0.4 is 11.1 Å². The number of carboxylic acid groups (broad SMARTS) is 1. The Hall–Kier alpha value is -0.530. The molecule has 0 aliphatic heterocycles. The van der Waals surface area contributed by atoms with Gasteiger partial charge in [0.1, 0.15) is 12.1 Å². The molecule has 8 heteroatoms. The highest BCUT2D eigenvalue weighted by Crippen LogP contribution is 2.23. The average Bonchev–Trinajstić information content (AvgIpc) is 2.02. The van der Waals surface area contributed by atoms with E-state index in [0.717, 1.165) is 0 Å². The van der Waals surface area contributed by atoms with Gasteiger partial charge in [0, 0.05) is 0 Å². The molecule has 0 aliphatic carbocycles. The van der Waals surface area contributed by atoms with E-state index in [1.54, 1.807) is 0 Å². The number of halogens is 4. The average molecular weight is 251 g/mol. The summed E-state index contributed by atoms with van der Waals surface area (Å²) in [5.41, 5.74) is 5.07. The van der Waals surface area contributed by atoms with Crippen LogP contribution in [0.15, 0.2) is 0 Å². The highest BCUT2D eigenvalue weighted by Gasteiger charge is 2.38. The molecule has 0 heterocycles. The Bertz CT molecular complexity index is 201. The summed E-state index contributed by atoms with van der Waals surface area (Å²) in [6, 6.07) is -2.94. The van der Waals surface area contributed by atoms with Crippen LogP contribution in [-0.4, -0.2) is 36.4 Å². The van der Waals surface area contributed by atoms with Gasteiger partial charge in [0.05, 0.1) is 0 Å². The number of carbonyl (C=O) groups is 1. The lowest BCUT2D eigenvalue weighted by Gasteiger charge is -2.20. The minimum Gasteiger partial charge on any atom is -0.480 e. The van der Waals surface area contributed by atoms with Crippen LogP contribution in [0.2, 0.25) is 0 Å². The van der Waals surface area contributed by atoms with Gasteiger partial charge in [-0.25, -0.2) is 0 Å². The molecule has 2 atom stereocenters. The van der Waals surface area contributed by atoms with Gasteiger partial charge in [-0.1, -0.05) is 0 Å². The Kier molecular flexibility index (Phi) is 7.72. The maximum Gasteiger partial charge on any atom is 0.403 e. The second kappa shape index (κ2) is 6.86. The molecular formula is C7H14ClF3N2O2. The molecule has 0 radical (unpaired) electrons. The molecule has 0 saturated carbocycles. The first kappa shape index (κ1) is 16.9. The zero-order valence-electron chi connectivity index (χ0n) is 8.04. The van der Waals surface area contributed by atoms with E-state index in [4.69, 9.17) is 10.8 Å². The lowest BCUT2D eigenvalue weighted by atomic mass is 10.1. The first-order valence-electron chi connectivity index (χ1n) is 4.01. The first-order chi connectivity index (χ1) is 6.29.